The predicted molar refractivity (Wildman–Crippen MR) is 117 cm³/mol. The number of para-hydroxylation sites is 2. The average Bonchev–Trinajstić information content (AvgIpc) is 3.16. The van der Waals surface area contributed by atoms with Crippen molar-refractivity contribution in [1.29, 1.82) is 0 Å². The summed E-state index contributed by atoms with van der Waals surface area (Å²) in [7, 11) is 0. The lowest BCUT2D eigenvalue weighted by Crippen LogP contribution is -2.48. The Morgan fingerprint density at radius 1 is 0.933 bits per heavy atom. The molecule has 0 amide bonds. The van der Waals surface area contributed by atoms with Gasteiger partial charge in [-0.25, -0.2) is 9.78 Å². The van der Waals surface area contributed by atoms with Crippen LogP contribution < -0.4 is 5.63 Å². The molecule has 8 rings (SSSR count). The number of nitrogens with zero attached hydrogens (tertiary/aromatic N) is 1. The molecule has 4 fully saturated rings. The number of hydrogen-bond acceptors (Lipinski definition) is 3. The first-order valence-electron chi connectivity index (χ1n) is 11.2. The van der Waals surface area contributed by atoms with Gasteiger partial charge >= 0.3 is 5.63 Å². The van der Waals surface area contributed by atoms with E-state index in [1.807, 2.05) is 36.4 Å². The van der Waals surface area contributed by atoms with Crippen molar-refractivity contribution in [3.05, 3.63) is 64.5 Å². The average molecular weight is 396 g/mol. The summed E-state index contributed by atoms with van der Waals surface area (Å²) in [5.41, 5.74) is 4.37. The van der Waals surface area contributed by atoms with Crippen LogP contribution in [0.5, 0.6) is 0 Å². The molecule has 1 N–H and O–H groups in total. The predicted octanol–water partition coefficient (Wildman–Crippen LogP) is 5.80. The highest BCUT2D eigenvalue weighted by Crippen LogP contribution is 2.60. The van der Waals surface area contributed by atoms with Crippen LogP contribution in [0, 0.1) is 17.8 Å². The molecule has 0 radical (unpaired) electrons. The Morgan fingerprint density at radius 3 is 2.40 bits per heavy atom. The van der Waals surface area contributed by atoms with Gasteiger partial charge in [-0.15, -0.1) is 0 Å². The number of aromatic amines is 1. The number of nitrogens with one attached hydrogen (secondary N) is 1. The van der Waals surface area contributed by atoms with Crippen molar-refractivity contribution in [1.82, 2.24) is 9.97 Å². The molecule has 0 unspecified atom stereocenters. The van der Waals surface area contributed by atoms with E-state index < -0.39 is 0 Å². The van der Waals surface area contributed by atoms with Gasteiger partial charge in [-0.05, 0) is 97.6 Å². The first-order chi connectivity index (χ1) is 14.6. The van der Waals surface area contributed by atoms with Gasteiger partial charge in [0.2, 0.25) is 0 Å². The van der Waals surface area contributed by atoms with E-state index in [0.29, 0.717) is 22.4 Å². The molecule has 2 aromatic heterocycles. The van der Waals surface area contributed by atoms with Crippen molar-refractivity contribution >= 4 is 22.0 Å². The van der Waals surface area contributed by atoms with E-state index in [9.17, 15) is 4.79 Å². The summed E-state index contributed by atoms with van der Waals surface area (Å²) in [6, 6.07) is 16.3. The molecular formula is C26H24N2O2. The van der Waals surface area contributed by atoms with Crippen molar-refractivity contribution in [2.45, 2.75) is 43.9 Å². The van der Waals surface area contributed by atoms with Crippen molar-refractivity contribution in [3.8, 4) is 11.4 Å². The molecule has 2 heterocycles. The van der Waals surface area contributed by atoms with E-state index >= 15 is 0 Å². The van der Waals surface area contributed by atoms with Crippen LogP contribution in [0.2, 0.25) is 0 Å². The van der Waals surface area contributed by atoms with Gasteiger partial charge < -0.3 is 9.40 Å². The van der Waals surface area contributed by atoms with Gasteiger partial charge in [-0.1, -0.05) is 18.2 Å². The molecule has 4 heteroatoms. The van der Waals surface area contributed by atoms with Crippen LogP contribution in [0.4, 0.5) is 0 Å². The van der Waals surface area contributed by atoms with E-state index in [1.165, 1.54) is 44.1 Å². The summed E-state index contributed by atoms with van der Waals surface area (Å²) in [6.07, 6.45) is 8.32. The molecule has 4 aliphatic carbocycles. The fourth-order valence-corrected chi connectivity index (χ4v) is 7.16. The maximum atomic E-state index is 12.7. The maximum absolute atomic E-state index is 12.7. The highest BCUT2D eigenvalue weighted by Gasteiger charge is 2.51. The Kier molecular flexibility index (Phi) is 3.28. The molecule has 30 heavy (non-hydrogen) atoms. The zero-order valence-corrected chi connectivity index (χ0v) is 16.9. The molecule has 4 saturated carbocycles. The molecular weight excluding hydrogens is 372 g/mol. The lowest BCUT2D eigenvalue weighted by molar-refractivity contribution is -0.00513. The van der Waals surface area contributed by atoms with Gasteiger partial charge in [0.05, 0.1) is 11.0 Å². The molecule has 0 saturated heterocycles. The van der Waals surface area contributed by atoms with E-state index in [-0.39, 0.29) is 5.63 Å². The van der Waals surface area contributed by atoms with Crippen LogP contribution in [0.25, 0.3) is 33.4 Å². The summed E-state index contributed by atoms with van der Waals surface area (Å²) in [6.45, 7) is 0. The molecule has 2 aromatic carbocycles. The van der Waals surface area contributed by atoms with Crippen molar-refractivity contribution in [2.75, 3.05) is 0 Å². The van der Waals surface area contributed by atoms with Crippen LogP contribution >= 0.6 is 0 Å². The van der Waals surface area contributed by atoms with Gasteiger partial charge in [0.1, 0.15) is 17.0 Å². The SMILES string of the molecule is O=c1oc2ccc(C34CC5CC(CC(C5)C3)C4)cc2cc1-c1nc2ccccc2[nH]1. The number of benzene rings is 2. The lowest BCUT2D eigenvalue weighted by Gasteiger charge is -2.57. The molecule has 0 atom stereocenters. The van der Waals surface area contributed by atoms with Crippen LogP contribution in [0.1, 0.15) is 44.1 Å². The molecule has 0 aliphatic heterocycles. The first kappa shape index (κ1) is 16.9. The topological polar surface area (TPSA) is 58.9 Å². The Hall–Kier alpha value is -2.88. The third kappa shape index (κ3) is 2.39. The van der Waals surface area contributed by atoms with E-state index in [1.54, 1.807) is 0 Å². The third-order valence-electron chi connectivity index (χ3n) is 8.03. The Morgan fingerprint density at radius 2 is 1.67 bits per heavy atom. The number of aromatic nitrogens is 2. The van der Waals surface area contributed by atoms with Crippen molar-refractivity contribution in [3.63, 3.8) is 0 Å². The van der Waals surface area contributed by atoms with Gasteiger partial charge in [-0.2, -0.15) is 0 Å². The lowest BCUT2D eigenvalue weighted by atomic mass is 9.48. The molecule has 4 nitrogen and oxygen atoms in total. The summed E-state index contributed by atoms with van der Waals surface area (Å²) in [5, 5.41) is 0.998. The minimum Gasteiger partial charge on any atom is -0.422 e. The fourth-order valence-electron chi connectivity index (χ4n) is 7.16. The Labute approximate surface area is 174 Å². The largest absolute Gasteiger partial charge is 0.422 e. The minimum absolute atomic E-state index is 0.332. The van der Waals surface area contributed by atoms with Crippen LogP contribution in [-0.4, -0.2) is 9.97 Å². The second kappa shape index (κ2) is 5.84. The van der Waals surface area contributed by atoms with Crippen LogP contribution in [-0.2, 0) is 5.41 Å². The highest BCUT2D eigenvalue weighted by molar-refractivity contribution is 5.84. The molecule has 4 aliphatic rings. The van der Waals surface area contributed by atoms with Gasteiger partial charge in [-0.3, -0.25) is 0 Å². The molecule has 4 bridgehead atoms. The second-order valence-electron chi connectivity index (χ2n) is 10.0. The standard InChI is InChI=1S/C26H24N2O2/c29-25-20(24-27-21-3-1-2-4-22(21)28-24)11-18-10-19(5-6-23(18)30-25)26-12-15-7-16(13-26)9-17(8-15)14-26/h1-6,10-11,15-17H,7-9,12-14H2,(H,27,28). The molecule has 150 valence electrons. The van der Waals surface area contributed by atoms with Crippen LogP contribution in [0.15, 0.2) is 57.7 Å². The second-order valence-corrected chi connectivity index (χ2v) is 10.0. The summed E-state index contributed by atoms with van der Waals surface area (Å²) in [5.74, 6) is 3.30. The molecule has 0 spiro atoms. The van der Waals surface area contributed by atoms with Crippen LogP contribution in [0.3, 0.4) is 0 Å². The Balaban J connectivity index is 1.36. The fraction of sp³-hybridized carbons (Fsp3) is 0.385. The summed E-state index contributed by atoms with van der Waals surface area (Å²) in [4.78, 5) is 20.6. The zero-order chi connectivity index (χ0) is 19.9. The zero-order valence-electron chi connectivity index (χ0n) is 16.9. The number of rotatable bonds is 2. The Bertz CT molecular complexity index is 1290. The third-order valence-corrected chi connectivity index (χ3v) is 8.03. The maximum Gasteiger partial charge on any atom is 0.347 e. The first-order valence-corrected chi connectivity index (χ1v) is 11.2. The number of hydrogen-bond donors (Lipinski definition) is 1. The quantitative estimate of drug-likeness (QED) is 0.435. The monoisotopic (exact) mass is 396 g/mol. The number of H-pyrrole nitrogens is 1. The highest BCUT2D eigenvalue weighted by atomic mass is 16.4. The van der Waals surface area contributed by atoms with E-state index in [2.05, 4.69) is 22.1 Å². The van der Waals surface area contributed by atoms with Crippen molar-refractivity contribution < 1.29 is 4.42 Å². The van der Waals surface area contributed by atoms with E-state index in [0.717, 1.165) is 34.2 Å². The number of fused-ring (bicyclic) bond motifs is 2. The van der Waals surface area contributed by atoms with E-state index in [4.69, 9.17) is 4.42 Å². The minimum atomic E-state index is -0.343. The summed E-state index contributed by atoms with van der Waals surface area (Å²) >= 11 is 0. The van der Waals surface area contributed by atoms with Crippen molar-refractivity contribution in [2.24, 2.45) is 17.8 Å². The normalized spacial score (nSPS) is 29.8. The van der Waals surface area contributed by atoms with Gasteiger partial charge in [0, 0.05) is 5.39 Å². The molecule has 4 aromatic rings. The summed E-state index contributed by atoms with van der Waals surface area (Å²) < 4.78 is 5.70. The van der Waals surface area contributed by atoms with Gasteiger partial charge in [0.15, 0.2) is 0 Å². The number of imidazole rings is 1. The van der Waals surface area contributed by atoms with Gasteiger partial charge in [0.25, 0.3) is 0 Å². The smallest absolute Gasteiger partial charge is 0.347 e.